The Morgan fingerprint density at radius 2 is 2.31 bits per heavy atom. The van der Waals surface area contributed by atoms with E-state index in [4.69, 9.17) is 27.9 Å². The number of nitrogens with one attached hydrogen (secondary N) is 1. The first-order valence-corrected chi connectivity index (χ1v) is 5.85. The maximum atomic E-state index is 6.00. The molecule has 1 aromatic heterocycles. The molecule has 0 bridgehead atoms. The molecule has 1 aliphatic rings. The number of nitrogens with zero attached hydrogens (tertiary/aromatic N) is 2. The molecule has 6 heteroatoms. The van der Waals surface area contributed by atoms with Gasteiger partial charge in [-0.2, -0.15) is 4.98 Å². The van der Waals surface area contributed by atoms with Crippen molar-refractivity contribution < 1.29 is 4.74 Å². The van der Waals surface area contributed by atoms with Crippen molar-refractivity contribution in [2.75, 3.05) is 11.9 Å². The largest absolute Gasteiger partial charge is 0.376 e. The summed E-state index contributed by atoms with van der Waals surface area (Å²) in [7, 11) is 0. The lowest BCUT2D eigenvalue weighted by molar-refractivity contribution is 0.105. The normalized spacial score (nSPS) is 29.4. The van der Waals surface area contributed by atoms with Gasteiger partial charge in [-0.3, -0.25) is 0 Å². The van der Waals surface area contributed by atoms with Crippen LogP contribution in [0.4, 0.5) is 5.82 Å². The molecule has 2 unspecified atom stereocenters. The number of hydrogen-bond acceptors (Lipinski definition) is 4. The van der Waals surface area contributed by atoms with E-state index < -0.39 is 0 Å². The second-order valence-electron chi connectivity index (χ2n) is 4.14. The summed E-state index contributed by atoms with van der Waals surface area (Å²) in [5, 5.41) is 3.93. The van der Waals surface area contributed by atoms with Crippen LogP contribution in [0.15, 0.2) is 6.20 Å². The van der Waals surface area contributed by atoms with Gasteiger partial charge in [0, 0.05) is 6.61 Å². The van der Waals surface area contributed by atoms with Gasteiger partial charge in [-0.05, 0) is 31.9 Å². The third-order valence-corrected chi connectivity index (χ3v) is 3.46. The second kappa shape index (κ2) is 4.35. The summed E-state index contributed by atoms with van der Waals surface area (Å²) in [4.78, 5) is 7.88. The molecule has 0 spiro atoms. The number of anilines is 1. The fraction of sp³-hybridized carbons (Fsp3) is 0.600. The molecule has 4 nitrogen and oxygen atoms in total. The van der Waals surface area contributed by atoms with Crippen LogP contribution in [0.25, 0.3) is 0 Å². The average Bonchev–Trinajstić information content (AvgIpc) is 2.53. The molecule has 0 aliphatic carbocycles. The zero-order valence-electron chi connectivity index (χ0n) is 9.13. The molecule has 2 atom stereocenters. The van der Waals surface area contributed by atoms with Gasteiger partial charge in [0.05, 0.1) is 17.8 Å². The predicted octanol–water partition coefficient (Wildman–Crippen LogP) is 2.76. The van der Waals surface area contributed by atoms with Gasteiger partial charge in [0.1, 0.15) is 10.8 Å². The monoisotopic (exact) mass is 261 g/mol. The van der Waals surface area contributed by atoms with Crippen molar-refractivity contribution in [2.45, 2.75) is 31.9 Å². The molecule has 0 aromatic carbocycles. The van der Waals surface area contributed by atoms with E-state index in [1.54, 1.807) is 0 Å². The van der Waals surface area contributed by atoms with Gasteiger partial charge in [-0.15, -0.1) is 0 Å². The van der Waals surface area contributed by atoms with E-state index in [0.717, 1.165) is 13.0 Å². The predicted molar refractivity (Wildman–Crippen MR) is 64.1 cm³/mol. The maximum absolute atomic E-state index is 6.00. The van der Waals surface area contributed by atoms with Crippen LogP contribution in [-0.2, 0) is 4.74 Å². The molecule has 16 heavy (non-hydrogen) atoms. The summed E-state index contributed by atoms with van der Waals surface area (Å²) < 4.78 is 5.53. The fourth-order valence-electron chi connectivity index (χ4n) is 1.70. The number of hydrogen-bond donors (Lipinski definition) is 1. The third kappa shape index (κ3) is 2.24. The van der Waals surface area contributed by atoms with Gasteiger partial charge in [0.25, 0.3) is 0 Å². The van der Waals surface area contributed by atoms with Crippen LogP contribution < -0.4 is 5.32 Å². The fourth-order valence-corrected chi connectivity index (χ4v) is 1.97. The van der Waals surface area contributed by atoms with Gasteiger partial charge in [0.2, 0.25) is 5.28 Å². The minimum Gasteiger partial charge on any atom is -0.376 e. The Kier molecular flexibility index (Phi) is 3.24. The number of aromatic nitrogens is 2. The van der Waals surface area contributed by atoms with Crippen molar-refractivity contribution in [3.05, 3.63) is 16.5 Å². The Bertz CT molecular complexity index is 402. The lowest BCUT2D eigenvalue weighted by Crippen LogP contribution is -2.41. The first kappa shape index (κ1) is 11.9. The summed E-state index contributed by atoms with van der Waals surface area (Å²) >= 11 is 11.7. The number of rotatable bonds is 2. The lowest BCUT2D eigenvalue weighted by atomic mass is 9.95. The Labute approximate surface area is 104 Å². The van der Waals surface area contributed by atoms with Gasteiger partial charge < -0.3 is 10.1 Å². The van der Waals surface area contributed by atoms with Crippen molar-refractivity contribution in [1.82, 2.24) is 9.97 Å². The van der Waals surface area contributed by atoms with Crippen LogP contribution in [-0.4, -0.2) is 28.2 Å². The van der Waals surface area contributed by atoms with E-state index in [-0.39, 0.29) is 16.9 Å². The van der Waals surface area contributed by atoms with Crippen molar-refractivity contribution in [2.24, 2.45) is 0 Å². The SMILES string of the molecule is CC1OCCC1(C)Nc1nc(Cl)ncc1Cl. The Balaban J connectivity index is 2.23. The Morgan fingerprint density at radius 1 is 1.56 bits per heavy atom. The minimum absolute atomic E-state index is 0.109. The summed E-state index contributed by atoms with van der Waals surface area (Å²) in [6.07, 6.45) is 2.51. The molecule has 1 saturated heterocycles. The van der Waals surface area contributed by atoms with Gasteiger partial charge in [-0.1, -0.05) is 11.6 Å². The topological polar surface area (TPSA) is 47.0 Å². The molecule has 0 radical (unpaired) electrons. The number of halogens is 2. The molecule has 2 rings (SSSR count). The molecular formula is C10H13Cl2N3O. The summed E-state index contributed by atoms with van der Waals surface area (Å²) in [5.74, 6) is 0.557. The zero-order chi connectivity index (χ0) is 11.8. The molecule has 88 valence electrons. The van der Waals surface area contributed by atoms with E-state index >= 15 is 0 Å². The van der Waals surface area contributed by atoms with Crippen molar-refractivity contribution in [1.29, 1.82) is 0 Å². The highest BCUT2D eigenvalue weighted by Crippen LogP contribution is 2.31. The van der Waals surface area contributed by atoms with Crippen molar-refractivity contribution in [3.63, 3.8) is 0 Å². The molecule has 1 aromatic rings. The van der Waals surface area contributed by atoms with Crippen LogP contribution in [0.1, 0.15) is 20.3 Å². The highest BCUT2D eigenvalue weighted by Gasteiger charge is 2.37. The van der Waals surface area contributed by atoms with E-state index in [1.807, 2.05) is 6.92 Å². The Hall–Kier alpha value is -0.580. The molecule has 1 fully saturated rings. The van der Waals surface area contributed by atoms with Crippen LogP contribution in [0.3, 0.4) is 0 Å². The Morgan fingerprint density at radius 3 is 2.94 bits per heavy atom. The van der Waals surface area contributed by atoms with Gasteiger partial charge in [0.15, 0.2) is 0 Å². The number of ether oxygens (including phenoxy) is 1. The summed E-state index contributed by atoms with van der Waals surface area (Å²) in [6.45, 7) is 4.84. The van der Waals surface area contributed by atoms with Crippen LogP contribution >= 0.6 is 23.2 Å². The van der Waals surface area contributed by atoms with Crippen LogP contribution in [0.5, 0.6) is 0 Å². The average molecular weight is 262 g/mol. The lowest BCUT2D eigenvalue weighted by Gasteiger charge is -2.29. The minimum atomic E-state index is -0.165. The molecule has 0 amide bonds. The highest BCUT2D eigenvalue weighted by molar-refractivity contribution is 6.33. The van der Waals surface area contributed by atoms with E-state index in [1.165, 1.54) is 6.20 Å². The first-order valence-electron chi connectivity index (χ1n) is 5.09. The summed E-state index contributed by atoms with van der Waals surface area (Å²) in [6, 6.07) is 0. The first-order chi connectivity index (χ1) is 7.51. The standard InChI is InChI=1S/C10H13Cl2N3O/c1-6-10(2,3-4-16-6)15-8-7(11)5-13-9(12)14-8/h5-6H,3-4H2,1-2H3,(H,13,14,15). The van der Waals surface area contributed by atoms with Crippen LogP contribution in [0, 0.1) is 0 Å². The quantitative estimate of drug-likeness (QED) is 0.832. The smallest absolute Gasteiger partial charge is 0.224 e. The van der Waals surface area contributed by atoms with E-state index in [0.29, 0.717) is 10.8 Å². The van der Waals surface area contributed by atoms with E-state index in [9.17, 15) is 0 Å². The summed E-state index contributed by atoms with van der Waals surface area (Å²) in [5.41, 5.74) is -0.165. The molecule has 2 heterocycles. The highest BCUT2D eigenvalue weighted by atomic mass is 35.5. The second-order valence-corrected chi connectivity index (χ2v) is 4.89. The van der Waals surface area contributed by atoms with Gasteiger partial charge in [-0.25, -0.2) is 4.98 Å². The molecule has 0 saturated carbocycles. The van der Waals surface area contributed by atoms with Crippen molar-refractivity contribution in [3.8, 4) is 0 Å². The van der Waals surface area contributed by atoms with Gasteiger partial charge >= 0.3 is 0 Å². The zero-order valence-corrected chi connectivity index (χ0v) is 10.6. The molecule has 1 aliphatic heterocycles. The maximum Gasteiger partial charge on any atom is 0.224 e. The van der Waals surface area contributed by atoms with E-state index in [2.05, 4.69) is 22.2 Å². The van der Waals surface area contributed by atoms with Crippen molar-refractivity contribution >= 4 is 29.0 Å². The molecule has 1 N–H and O–H groups in total. The third-order valence-electron chi connectivity index (χ3n) is 3.01. The van der Waals surface area contributed by atoms with Crippen LogP contribution in [0.2, 0.25) is 10.3 Å². The molecular weight excluding hydrogens is 249 g/mol.